The Balaban J connectivity index is 1.40. The molecule has 128 valence electrons. The van der Waals surface area contributed by atoms with Crippen molar-refractivity contribution in [1.82, 2.24) is 15.5 Å². The van der Waals surface area contributed by atoms with E-state index in [1.807, 2.05) is 12.1 Å². The van der Waals surface area contributed by atoms with Gasteiger partial charge in [0.2, 0.25) is 17.6 Å². The lowest BCUT2D eigenvalue weighted by atomic mass is 10.1. The Morgan fingerprint density at radius 3 is 2.92 bits per heavy atom. The number of hydrogen-bond donors (Lipinski definition) is 1. The zero-order chi connectivity index (χ0) is 16.8. The number of nitrogens with zero attached hydrogens (tertiary/aromatic N) is 2. The number of halogens is 1. The van der Waals surface area contributed by atoms with Crippen LogP contribution in [0.3, 0.4) is 0 Å². The molecular weight excluding hydrogens is 330 g/mol. The molecule has 1 aromatic heterocycles. The molecule has 1 amide bonds. The van der Waals surface area contributed by atoms with Gasteiger partial charge in [-0.15, -0.1) is 0 Å². The van der Waals surface area contributed by atoms with E-state index in [9.17, 15) is 4.79 Å². The van der Waals surface area contributed by atoms with Crippen molar-refractivity contribution in [3.63, 3.8) is 0 Å². The molecule has 0 unspecified atom stereocenters. The molecule has 1 saturated heterocycles. The molecule has 1 atom stereocenters. The van der Waals surface area contributed by atoms with Gasteiger partial charge in [-0.05, 0) is 43.5 Å². The Bertz CT molecular complexity index is 666. The summed E-state index contributed by atoms with van der Waals surface area (Å²) in [5, 5.41) is 7.48. The minimum Gasteiger partial charge on any atom is -0.378 e. The highest BCUT2D eigenvalue weighted by molar-refractivity contribution is 6.30. The monoisotopic (exact) mass is 349 g/mol. The second-order valence-electron chi connectivity index (χ2n) is 5.79. The first-order chi connectivity index (χ1) is 11.7. The lowest BCUT2D eigenvalue weighted by molar-refractivity contribution is -0.121. The molecule has 2 heterocycles. The molecule has 24 heavy (non-hydrogen) atoms. The topological polar surface area (TPSA) is 77.2 Å². The van der Waals surface area contributed by atoms with E-state index in [4.69, 9.17) is 20.9 Å². The SMILES string of the molecule is O=C(CC[C@H]1CCCO1)NCCc1nc(-c2ccc(Cl)cc2)no1. The summed E-state index contributed by atoms with van der Waals surface area (Å²) in [6.07, 6.45) is 4.18. The van der Waals surface area contributed by atoms with Crippen LogP contribution >= 0.6 is 11.6 Å². The summed E-state index contributed by atoms with van der Waals surface area (Å²) >= 11 is 5.86. The van der Waals surface area contributed by atoms with E-state index in [-0.39, 0.29) is 12.0 Å². The first-order valence-corrected chi connectivity index (χ1v) is 8.55. The Hall–Kier alpha value is -1.92. The molecule has 1 fully saturated rings. The Kier molecular flexibility index (Phi) is 5.82. The van der Waals surface area contributed by atoms with Gasteiger partial charge in [-0.25, -0.2) is 0 Å². The molecule has 1 aliphatic rings. The molecule has 0 radical (unpaired) electrons. The van der Waals surface area contributed by atoms with Gasteiger partial charge in [0.1, 0.15) is 0 Å². The zero-order valence-corrected chi connectivity index (χ0v) is 14.1. The lowest BCUT2D eigenvalue weighted by Gasteiger charge is -2.08. The van der Waals surface area contributed by atoms with Crippen LogP contribution in [-0.2, 0) is 16.0 Å². The molecule has 1 aromatic carbocycles. The van der Waals surface area contributed by atoms with Crippen molar-refractivity contribution in [2.45, 2.75) is 38.2 Å². The van der Waals surface area contributed by atoms with Gasteiger partial charge < -0.3 is 14.6 Å². The van der Waals surface area contributed by atoms with Crippen LogP contribution in [0.4, 0.5) is 0 Å². The minimum atomic E-state index is 0.0305. The maximum atomic E-state index is 11.8. The van der Waals surface area contributed by atoms with Gasteiger partial charge in [0, 0.05) is 36.6 Å². The maximum Gasteiger partial charge on any atom is 0.228 e. The first-order valence-electron chi connectivity index (χ1n) is 8.17. The van der Waals surface area contributed by atoms with Gasteiger partial charge in [0.05, 0.1) is 6.10 Å². The molecule has 0 spiro atoms. The van der Waals surface area contributed by atoms with E-state index in [1.54, 1.807) is 12.1 Å². The molecule has 7 heteroatoms. The van der Waals surface area contributed by atoms with Gasteiger partial charge in [-0.3, -0.25) is 4.79 Å². The van der Waals surface area contributed by atoms with E-state index < -0.39 is 0 Å². The number of hydrogen-bond acceptors (Lipinski definition) is 5. The summed E-state index contributed by atoms with van der Waals surface area (Å²) in [5.74, 6) is 1.05. The number of amides is 1. The number of benzene rings is 1. The highest BCUT2D eigenvalue weighted by atomic mass is 35.5. The van der Waals surface area contributed by atoms with Crippen LogP contribution in [0.5, 0.6) is 0 Å². The van der Waals surface area contributed by atoms with Crippen LogP contribution < -0.4 is 5.32 Å². The Morgan fingerprint density at radius 1 is 1.33 bits per heavy atom. The summed E-state index contributed by atoms with van der Waals surface area (Å²) in [7, 11) is 0. The van der Waals surface area contributed by atoms with Crippen molar-refractivity contribution in [3.05, 3.63) is 35.2 Å². The van der Waals surface area contributed by atoms with Gasteiger partial charge >= 0.3 is 0 Å². The highest BCUT2D eigenvalue weighted by Gasteiger charge is 2.16. The molecule has 1 aliphatic heterocycles. The highest BCUT2D eigenvalue weighted by Crippen LogP contribution is 2.19. The number of carbonyl (C=O) groups excluding carboxylic acids is 1. The van der Waals surface area contributed by atoms with Gasteiger partial charge in [0.15, 0.2) is 0 Å². The van der Waals surface area contributed by atoms with Crippen molar-refractivity contribution < 1.29 is 14.1 Å². The fourth-order valence-electron chi connectivity index (χ4n) is 2.63. The van der Waals surface area contributed by atoms with Crippen molar-refractivity contribution in [2.24, 2.45) is 0 Å². The third-order valence-corrected chi connectivity index (χ3v) is 4.20. The van der Waals surface area contributed by atoms with Crippen molar-refractivity contribution in [1.29, 1.82) is 0 Å². The third kappa shape index (κ3) is 4.79. The fraction of sp³-hybridized carbons (Fsp3) is 0.471. The lowest BCUT2D eigenvalue weighted by Crippen LogP contribution is -2.26. The van der Waals surface area contributed by atoms with Crippen LogP contribution in [0.25, 0.3) is 11.4 Å². The van der Waals surface area contributed by atoms with E-state index in [2.05, 4.69) is 15.5 Å². The van der Waals surface area contributed by atoms with Crippen LogP contribution in [-0.4, -0.2) is 35.3 Å². The summed E-state index contributed by atoms with van der Waals surface area (Å²) in [5.41, 5.74) is 0.843. The minimum absolute atomic E-state index is 0.0305. The van der Waals surface area contributed by atoms with Gasteiger partial charge in [0.25, 0.3) is 0 Å². The third-order valence-electron chi connectivity index (χ3n) is 3.95. The van der Waals surface area contributed by atoms with E-state index in [0.717, 1.165) is 31.4 Å². The average molecular weight is 350 g/mol. The summed E-state index contributed by atoms with van der Waals surface area (Å²) < 4.78 is 10.7. The standard InChI is InChI=1S/C17H20ClN3O3/c18-13-5-3-12(4-6-13)17-20-16(24-21-17)9-10-19-15(22)8-7-14-2-1-11-23-14/h3-6,14H,1-2,7-11H2,(H,19,22)/t14-/m1/s1. The smallest absolute Gasteiger partial charge is 0.228 e. The average Bonchev–Trinajstić information content (AvgIpc) is 3.25. The second kappa shape index (κ2) is 8.26. The van der Waals surface area contributed by atoms with E-state index in [1.165, 1.54) is 0 Å². The maximum absolute atomic E-state index is 11.8. The second-order valence-corrected chi connectivity index (χ2v) is 6.23. The molecule has 6 nitrogen and oxygen atoms in total. The molecule has 0 bridgehead atoms. The number of aromatic nitrogens is 2. The number of rotatable bonds is 7. The summed E-state index contributed by atoms with van der Waals surface area (Å²) in [6.45, 7) is 1.30. The van der Waals surface area contributed by atoms with E-state index in [0.29, 0.717) is 36.1 Å². The predicted molar refractivity (Wildman–Crippen MR) is 89.7 cm³/mol. The molecule has 0 aliphatic carbocycles. The van der Waals surface area contributed by atoms with Crippen molar-refractivity contribution in [2.75, 3.05) is 13.2 Å². The largest absolute Gasteiger partial charge is 0.378 e. The van der Waals surface area contributed by atoms with Crippen LogP contribution in [0.1, 0.15) is 31.6 Å². The Labute approximate surface area is 145 Å². The number of nitrogens with one attached hydrogen (secondary N) is 1. The molecule has 2 aromatic rings. The fourth-order valence-corrected chi connectivity index (χ4v) is 2.76. The summed E-state index contributed by atoms with van der Waals surface area (Å²) in [4.78, 5) is 16.1. The quantitative estimate of drug-likeness (QED) is 0.831. The van der Waals surface area contributed by atoms with Crippen LogP contribution in [0, 0.1) is 0 Å². The number of ether oxygens (including phenoxy) is 1. The molecule has 0 saturated carbocycles. The van der Waals surface area contributed by atoms with Crippen molar-refractivity contribution in [3.8, 4) is 11.4 Å². The molecule has 3 rings (SSSR count). The van der Waals surface area contributed by atoms with Crippen molar-refractivity contribution >= 4 is 17.5 Å². The zero-order valence-electron chi connectivity index (χ0n) is 13.3. The molecular formula is C17H20ClN3O3. The summed E-state index contributed by atoms with van der Waals surface area (Å²) in [6, 6.07) is 7.23. The van der Waals surface area contributed by atoms with Crippen LogP contribution in [0.2, 0.25) is 5.02 Å². The first kappa shape index (κ1) is 16.9. The predicted octanol–water partition coefficient (Wildman–Crippen LogP) is 3.01. The van der Waals surface area contributed by atoms with Gasteiger partial charge in [-0.2, -0.15) is 4.98 Å². The van der Waals surface area contributed by atoms with Gasteiger partial charge in [-0.1, -0.05) is 16.8 Å². The normalized spacial score (nSPS) is 17.1. The Morgan fingerprint density at radius 2 is 2.17 bits per heavy atom. The molecule has 1 N–H and O–H groups in total. The van der Waals surface area contributed by atoms with Crippen LogP contribution in [0.15, 0.2) is 28.8 Å². The number of carbonyl (C=O) groups is 1. The van der Waals surface area contributed by atoms with E-state index >= 15 is 0 Å².